The Morgan fingerprint density at radius 2 is 2.00 bits per heavy atom. The molecule has 0 saturated carbocycles. The highest BCUT2D eigenvalue weighted by atomic mass is 17.1. The van der Waals surface area contributed by atoms with E-state index in [1.807, 2.05) is 12.2 Å². The van der Waals surface area contributed by atoms with Gasteiger partial charge in [0.15, 0.2) is 0 Å². The predicted octanol–water partition coefficient (Wildman–Crippen LogP) is 3.00. The number of unbranched alkanes of at least 4 members (excludes halogenated alkanes) is 4. The quantitative estimate of drug-likeness (QED) is 0.267. The van der Waals surface area contributed by atoms with Gasteiger partial charge in [-0.05, 0) is 12.8 Å². The number of hydrogen-bond acceptors (Lipinski definition) is 2. The molecule has 0 aliphatic rings. The fraction of sp³-hybridized carbons (Fsp3) is 0.778. The largest absolute Gasteiger partial charge is 0.252 e. The standard InChI is InChI=1S/C9H18O2/c1-2-3-4-5-6-7-8-9-11-10/h7-8,10H,2-6,9H2,1H3/b8-7-. The average molecular weight is 158 g/mol. The molecule has 0 aliphatic carbocycles. The Hall–Kier alpha value is -0.340. The monoisotopic (exact) mass is 158 g/mol. The summed E-state index contributed by atoms with van der Waals surface area (Å²) in [5.41, 5.74) is 0. The molecular formula is C9H18O2. The molecule has 66 valence electrons. The summed E-state index contributed by atoms with van der Waals surface area (Å²) in [5.74, 6) is 0. The number of rotatable bonds is 7. The highest BCUT2D eigenvalue weighted by Crippen LogP contribution is 2.02. The second kappa shape index (κ2) is 9.66. The van der Waals surface area contributed by atoms with Crippen LogP contribution in [0.2, 0.25) is 0 Å². The molecule has 0 aromatic heterocycles. The lowest BCUT2D eigenvalue weighted by Crippen LogP contribution is -1.81. The van der Waals surface area contributed by atoms with E-state index in [0.29, 0.717) is 6.61 Å². The smallest absolute Gasteiger partial charge is 0.100 e. The fourth-order valence-corrected chi connectivity index (χ4v) is 0.918. The van der Waals surface area contributed by atoms with E-state index in [1.165, 1.54) is 25.7 Å². The Morgan fingerprint density at radius 3 is 2.64 bits per heavy atom. The van der Waals surface area contributed by atoms with E-state index in [2.05, 4.69) is 11.8 Å². The summed E-state index contributed by atoms with van der Waals surface area (Å²) in [7, 11) is 0. The molecule has 0 atom stereocenters. The molecule has 11 heavy (non-hydrogen) atoms. The van der Waals surface area contributed by atoms with Crippen molar-refractivity contribution in [3.63, 3.8) is 0 Å². The second-order valence-electron chi connectivity index (χ2n) is 2.62. The van der Waals surface area contributed by atoms with Crippen molar-refractivity contribution >= 4 is 0 Å². The van der Waals surface area contributed by atoms with Crippen molar-refractivity contribution in [3.05, 3.63) is 12.2 Å². The van der Waals surface area contributed by atoms with Gasteiger partial charge < -0.3 is 0 Å². The fourth-order valence-electron chi connectivity index (χ4n) is 0.918. The van der Waals surface area contributed by atoms with Crippen molar-refractivity contribution in [1.29, 1.82) is 0 Å². The zero-order valence-corrected chi connectivity index (χ0v) is 7.25. The molecule has 0 aromatic rings. The Morgan fingerprint density at radius 1 is 1.18 bits per heavy atom. The molecule has 1 N–H and O–H groups in total. The summed E-state index contributed by atoms with van der Waals surface area (Å²) >= 11 is 0. The number of hydrogen-bond donors (Lipinski definition) is 1. The zero-order chi connectivity index (χ0) is 8.36. The average Bonchev–Trinajstić information content (AvgIpc) is 2.03. The molecule has 0 unspecified atom stereocenters. The first-order valence-corrected chi connectivity index (χ1v) is 4.33. The van der Waals surface area contributed by atoms with Gasteiger partial charge >= 0.3 is 0 Å². The van der Waals surface area contributed by atoms with Crippen molar-refractivity contribution in [2.75, 3.05) is 6.61 Å². The highest BCUT2D eigenvalue weighted by Gasteiger charge is 1.83. The van der Waals surface area contributed by atoms with Crippen LogP contribution in [-0.4, -0.2) is 11.9 Å². The summed E-state index contributed by atoms with van der Waals surface area (Å²) in [4.78, 5) is 3.88. The van der Waals surface area contributed by atoms with Gasteiger partial charge in [0.1, 0.15) is 6.61 Å². The molecule has 0 heterocycles. The van der Waals surface area contributed by atoms with Crippen molar-refractivity contribution in [2.24, 2.45) is 0 Å². The maximum atomic E-state index is 7.96. The maximum absolute atomic E-state index is 7.96. The van der Waals surface area contributed by atoms with E-state index in [4.69, 9.17) is 5.26 Å². The Labute approximate surface area is 68.8 Å². The van der Waals surface area contributed by atoms with Crippen LogP contribution >= 0.6 is 0 Å². The van der Waals surface area contributed by atoms with Crippen LogP contribution in [-0.2, 0) is 4.89 Å². The van der Waals surface area contributed by atoms with Gasteiger partial charge in [-0.1, -0.05) is 38.3 Å². The third-order valence-corrected chi connectivity index (χ3v) is 1.56. The first kappa shape index (κ1) is 10.7. The minimum Gasteiger partial charge on any atom is -0.252 e. The van der Waals surface area contributed by atoms with E-state index in [1.54, 1.807) is 0 Å². The summed E-state index contributed by atoms with van der Waals surface area (Å²) in [6.07, 6.45) is 10.1. The van der Waals surface area contributed by atoms with Crippen molar-refractivity contribution in [2.45, 2.75) is 39.0 Å². The number of allylic oxidation sites excluding steroid dienone is 1. The molecule has 0 fully saturated rings. The molecular weight excluding hydrogens is 140 g/mol. The van der Waals surface area contributed by atoms with Crippen molar-refractivity contribution in [1.82, 2.24) is 0 Å². The van der Waals surface area contributed by atoms with Crippen LogP contribution in [0.1, 0.15) is 39.0 Å². The topological polar surface area (TPSA) is 29.5 Å². The van der Waals surface area contributed by atoms with E-state index in [0.717, 1.165) is 6.42 Å². The highest BCUT2D eigenvalue weighted by molar-refractivity contribution is 4.80. The SMILES string of the molecule is CCCCCC/C=C\COO. The molecule has 0 aromatic carbocycles. The lowest BCUT2D eigenvalue weighted by Gasteiger charge is -1.93. The Bertz CT molecular complexity index is 89.6. The van der Waals surface area contributed by atoms with Gasteiger partial charge in [0.25, 0.3) is 0 Å². The molecule has 0 aliphatic heterocycles. The van der Waals surface area contributed by atoms with Crippen LogP contribution in [0.3, 0.4) is 0 Å². The molecule has 0 saturated heterocycles. The van der Waals surface area contributed by atoms with Gasteiger partial charge in [-0.2, -0.15) is 0 Å². The summed E-state index contributed by atoms with van der Waals surface area (Å²) < 4.78 is 0. The van der Waals surface area contributed by atoms with Crippen molar-refractivity contribution < 1.29 is 10.1 Å². The third kappa shape index (κ3) is 9.66. The predicted molar refractivity (Wildman–Crippen MR) is 46.5 cm³/mol. The lowest BCUT2D eigenvalue weighted by atomic mass is 10.1. The first-order valence-electron chi connectivity index (χ1n) is 4.33. The second-order valence-corrected chi connectivity index (χ2v) is 2.62. The minimum absolute atomic E-state index is 0.313. The maximum Gasteiger partial charge on any atom is 0.100 e. The van der Waals surface area contributed by atoms with Crippen LogP contribution in [0.15, 0.2) is 12.2 Å². The molecule has 2 nitrogen and oxygen atoms in total. The van der Waals surface area contributed by atoms with Crippen LogP contribution in [0.25, 0.3) is 0 Å². The van der Waals surface area contributed by atoms with E-state index in [-0.39, 0.29) is 0 Å². The zero-order valence-electron chi connectivity index (χ0n) is 7.25. The van der Waals surface area contributed by atoms with Crippen LogP contribution in [0.5, 0.6) is 0 Å². The molecule has 0 bridgehead atoms. The van der Waals surface area contributed by atoms with E-state index in [9.17, 15) is 0 Å². The Kier molecular flexibility index (Phi) is 9.36. The summed E-state index contributed by atoms with van der Waals surface area (Å²) in [6, 6.07) is 0. The Balaban J connectivity index is 2.89. The summed E-state index contributed by atoms with van der Waals surface area (Å²) in [5, 5.41) is 7.96. The van der Waals surface area contributed by atoms with Crippen LogP contribution < -0.4 is 0 Å². The van der Waals surface area contributed by atoms with Gasteiger partial charge in [0.2, 0.25) is 0 Å². The lowest BCUT2D eigenvalue weighted by molar-refractivity contribution is -0.231. The van der Waals surface area contributed by atoms with Gasteiger partial charge in [0.05, 0.1) is 0 Å². The van der Waals surface area contributed by atoms with Crippen LogP contribution in [0, 0.1) is 0 Å². The molecule has 0 radical (unpaired) electrons. The third-order valence-electron chi connectivity index (χ3n) is 1.56. The van der Waals surface area contributed by atoms with Gasteiger partial charge in [-0.15, -0.1) is 0 Å². The van der Waals surface area contributed by atoms with Gasteiger partial charge in [-0.25, -0.2) is 4.89 Å². The molecule has 0 rings (SSSR count). The minimum atomic E-state index is 0.313. The normalized spacial score (nSPS) is 11.1. The van der Waals surface area contributed by atoms with E-state index < -0.39 is 0 Å². The van der Waals surface area contributed by atoms with Crippen LogP contribution in [0.4, 0.5) is 0 Å². The van der Waals surface area contributed by atoms with Crippen molar-refractivity contribution in [3.8, 4) is 0 Å². The summed E-state index contributed by atoms with van der Waals surface area (Å²) in [6.45, 7) is 2.52. The molecule has 2 heteroatoms. The van der Waals surface area contributed by atoms with E-state index >= 15 is 0 Å². The molecule has 0 amide bonds. The van der Waals surface area contributed by atoms with Gasteiger partial charge in [-0.3, -0.25) is 5.26 Å². The van der Waals surface area contributed by atoms with Gasteiger partial charge in [0, 0.05) is 0 Å². The molecule has 0 spiro atoms. The first-order chi connectivity index (χ1) is 5.41.